The maximum absolute atomic E-state index is 13.6. The van der Waals surface area contributed by atoms with Crippen molar-refractivity contribution in [3.63, 3.8) is 0 Å². The van der Waals surface area contributed by atoms with Gasteiger partial charge in [-0.15, -0.1) is 11.6 Å². The lowest BCUT2D eigenvalue weighted by atomic mass is 10.3. The maximum atomic E-state index is 13.6. The number of alkyl halides is 4. The summed E-state index contributed by atoms with van der Waals surface area (Å²) >= 11 is 5.60. The second kappa shape index (κ2) is 5.36. The highest BCUT2D eigenvalue weighted by Gasteiger charge is 2.27. The van der Waals surface area contributed by atoms with E-state index in [1.165, 1.54) is 16.7 Å². The number of aromatic nitrogens is 2. The Morgan fingerprint density at radius 3 is 2.63 bits per heavy atom. The van der Waals surface area contributed by atoms with Crippen LogP contribution in [0.5, 0.6) is 0 Å². The molecule has 1 aromatic carbocycles. The molecular weight excluding hydrogens is 284 g/mol. The zero-order valence-electron chi connectivity index (χ0n) is 9.84. The molecule has 0 fully saturated rings. The van der Waals surface area contributed by atoms with Crippen molar-refractivity contribution < 1.29 is 17.6 Å². The predicted octanol–water partition coefficient (Wildman–Crippen LogP) is 3.91. The minimum Gasteiger partial charge on any atom is -0.328 e. The molecule has 7 heteroatoms. The van der Waals surface area contributed by atoms with E-state index in [4.69, 9.17) is 11.6 Å². The van der Waals surface area contributed by atoms with Crippen molar-refractivity contribution in [2.75, 3.05) is 5.88 Å². The van der Waals surface area contributed by atoms with Gasteiger partial charge in [-0.05, 0) is 12.1 Å². The average Bonchev–Trinajstić information content (AvgIpc) is 2.66. The highest BCUT2D eigenvalue weighted by molar-refractivity contribution is 6.17. The van der Waals surface area contributed by atoms with Crippen molar-refractivity contribution in [2.45, 2.75) is 25.6 Å². The van der Waals surface area contributed by atoms with Crippen molar-refractivity contribution in [3.05, 3.63) is 29.8 Å². The van der Waals surface area contributed by atoms with E-state index in [-0.39, 0.29) is 17.9 Å². The van der Waals surface area contributed by atoms with Gasteiger partial charge < -0.3 is 4.57 Å². The van der Waals surface area contributed by atoms with Gasteiger partial charge in [0.1, 0.15) is 11.3 Å². The van der Waals surface area contributed by atoms with Gasteiger partial charge in [0.05, 0.1) is 11.9 Å². The normalized spacial score (nSPS) is 12.3. The fourth-order valence-corrected chi connectivity index (χ4v) is 2.09. The Balaban J connectivity index is 2.43. The van der Waals surface area contributed by atoms with Crippen LogP contribution in [0, 0.1) is 5.82 Å². The van der Waals surface area contributed by atoms with Crippen molar-refractivity contribution >= 4 is 22.6 Å². The molecule has 0 unspecified atom stereocenters. The molecular formula is C12H11ClF4N2. The smallest absolute Gasteiger partial charge is 0.328 e. The van der Waals surface area contributed by atoms with E-state index < -0.39 is 18.4 Å². The largest absolute Gasteiger partial charge is 0.390 e. The number of hydrogen-bond donors (Lipinski definition) is 0. The fraction of sp³-hybridized carbons (Fsp3) is 0.417. The maximum Gasteiger partial charge on any atom is 0.390 e. The number of hydrogen-bond acceptors (Lipinski definition) is 1. The van der Waals surface area contributed by atoms with Gasteiger partial charge in [0.25, 0.3) is 0 Å². The number of rotatable bonds is 4. The van der Waals surface area contributed by atoms with Crippen LogP contribution in [0.25, 0.3) is 11.0 Å². The average molecular weight is 295 g/mol. The first kappa shape index (κ1) is 14.1. The first-order valence-electron chi connectivity index (χ1n) is 5.68. The molecule has 0 saturated heterocycles. The zero-order valence-corrected chi connectivity index (χ0v) is 10.6. The highest BCUT2D eigenvalue weighted by Crippen LogP contribution is 2.24. The number of nitrogens with zero attached hydrogens (tertiary/aromatic N) is 2. The number of halogens is 5. The Kier molecular flexibility index (Phi) is 3.99. The summed E-state index contributed by atoms with van der Waals surface area (Å²) in [4.78, 5) is 4.04. The summed E-state index contributed by atoms with van der Waals surface area (Å²) in [5.41, 5.74) is 0.453. The molecule has 2 aromatic rings. The first-order valence-corrected chi connectivity index (χ1v) is 6.22. The third-order valence-corrected chi connectivity index (χ3v) is 2.93. The van der Waals surface area contributed by atoms with Crippen LogP contribution in [-0.2, 0) is 13.0 Å². The van der Waals surface area contributed by atoms with E-state index in [1.807, 2.05) is 0 Å². The summed E-state index contributed by atoms with van der Waals surface area (Å²) in [5.74, 6) is 0.0511. The molecule has 0 N–H and O–H groups in total. The molecule has 0 spiro atoms. The lowest BCUT2D eigenvalue weighted by Crippen LogP contribution is -2.14. The molecule has 1 aromatic heterocycles. The quantitative estimate of drug-likeness (QED) is 0.617. The van der Waals surface area contributed by atoms with Crippen molar-refractivity contribution in [1.29, 1.82) is 0 Å². The Morgan fingerprint density at radius 2 is 2.00 bits per heavy atom. The summed E-state index contributed by atoms with van der Waals surface area (Å²) in [6.45, 7) is -0.282. The van der Waals surface area contributed by atoms with Crippen molar-refractivity contribution in [1.82, 2.24) is 9.55 Å². The van der Waals surface area contributed by atoms with E-state index in [0.29, 0.717) is 17.8 Å². The summed E-state index contributed by atoms with van der Waals surface area (Å²) in [7, 11) is 0. The van der Waals surface area contributed by atoms with E-state index in [0.717, 1.165) is 0 Å². The lowest BCUT2D eigenvalue weighted by Gasteiger charge is -2.10. The van der Waals surface area contributed by atoms with E-state index >= 15 is 0 Å². The molecule has 2 rings (SSSR count). The van der Waals surface area contributed by atoms with Gasteiger partial charge in [0.15, 0.2) is 5.82 Å². The number of fused-ring (bicyclic) bond motifs is 1. The molecule has 0 atom stereocenters. The van der Waals surface area contributed by atoms with Crippen LogP contribution in [0.15, 0.2) is 18.2 Å². The zero-order chi connectivity index (χ0) is 14.0. The van der Waals surface area contributed by atoms with Crippen LogP contribution in [0.3, 0.4) is 0 Å². The Bertz CT molecular complexity index is 577. The van der Waals surface area contributed by atoms with Gasteiger partial charge in [-0.2, -0.15) is 13.2 Å². The van der Waals surface area contributed by atoms with E-state index in [2.05, 4.69) is 4.98 Å². The third-order valence-electron chi connectivity index (χ3n) is 2.75. The van der Waals surface area contributed by atoms with Gasteiger partial charge in [0, 0.05) is 18.8 Å². The van der Waals surface area contributed by atoms with Gasteiger partial charge in [-0.3, -0.25) is 0 Å². The Labute approximate surface area is 112 Å². The molecule has 0 aliphatic carbocycles. The van der Waals surface area contributed by atoms with Gasteiger partial charge in [-0.1, -0.05) is 6.07 Å². The second-order valence-electron chi connectivity index (χ2n) is 4.09. The number of imidazole rings is 1. The van der Waals surface area contributed by atoms with Crippen molar-refractivity contribution in [3.8, 4) is 0 Å². The molecule has 0 bridgehead atoms. The molecule has 0 amide bonds. The topological polar surface area (TPSA) is 17.8 Å². The predicted molar refractivity (Wildman–Crippen MR) is 64.8 cm³/mol. The summed E-state index contributed by atoms with van der Waals surface area (Å²) in [6, 6.07) is 4.24. The SMILES string of the molecule is Fc1cccc2c1nc(CCCl)n2CCC(F)(F)F. The standard InChI is InChI=1S/C12H11ClF4N2/c13-6-4-10-18-11-8(14)2-1-3-9(11)19(10)7-5-12(15,16)17/h1-3H,4-7H2. The van der Waals surface area contributed by atoms with Crippen molar-refractivity contribution in [2.24, 2.45) is 0 Å². The number of benzene rings is 1. The molecule has 0 saturated carbocycles. The van der Waals surface area contributed by atoms with Crippen LogP contribution in [0.4, 0.5) is 17.6 Å². The van der Waals surface area contributed by atoms with Crippen LogP contribution < -0.4 is 0 Å². The number of para-hydroxylation sites is 1. The first-order chi connectivity index (χ1) is 8.92. The Morgan fingerprint density at radius 1 is 1.26 bits per heavy atom. The van der Waals surface area contributed by atoms with Gasteiger partial charge in [-0.25, -0.2) is 9.37 Å². The summed E-state index contributed by atoms with van der Waals surface area (Å²) in [6.07, 6.45) is -4.94. The van der Waals surface area contributed by atoms with Crippen LogP contribution >= 0.6 is 11.6 Å². The summed E-state index contributed by atoms with van der Waals surface area (Å²) in [5, 5.41) is 0. The van der Waals surface area contributed by atoms with Crippen LogP contribution in [0.2, 0.25) is 0 Å². The molecule has 0 radical (unpaired) electrons. The van der Waals surface area contributed by atoms with E-state index in [1.54, 1.807) is 6.07 Å². The minimum atomic E-state index is -4.26. The molecule has 104 valence electrons. The number of aryl methyl sites for hydroxylation is 2. The highest BCUT2D eigenvalue weighted by atomic mass is 35.5. The fourth-order valence-electron chi connectivity index (χ4n) is 1.92. The monoisotopic (exact) mass is 294 g/mol. The lowest BCUT2D eigenvalue weighted by molar-refractivity contribution is -0.136. The minimum absolute atomic E-state index is 0.0878. The third kappa shape index (κ3) is 3.18. The van der Waals surface area contributed by atoms with Crippen LogP contribution in [-0.4, -0.2) is 21.6 Å². The molecule has 0 aliphatic rings. The Hall–Kier alpha value is -1.30. The molecule has 19 heavy (non-hydrogen) atoms. The summed E-state index contributed by atoms with van der Waals surface area (Å²) < 4.78 is 51.9. The second-order valence-corrected chi connectivity index (χ2v) is 4.47. The van der Waals surface area contributed by atoms with Gasteiger partial charge >= 0.3 is 6.18 Å². The molecule has 2 nitrogen and oxygen atoms in total. The molecule has 1 heterocycles. The van der Waals surface area contributed by atoms with Gasteiger partial charge in [0.2, 0.25) is 0 Å². The molecule has 0 aliphatic heterocycles. The van der Waals surface area contributed by atoms with E-state index in [9.17, 15) is 17.6 Å². The van der Waals surface area contributed by atoms with Crippen LogP contribution in [0.1, 0.15) is 12.2 Å².